The lowest BCUT2D eigenvalue weighted by Crippen LogP contribution is -2.03. The lowest BCUT2D eigenvalue weighted by atomic mass is 10.2. The van der Waals surface area contributed by atoms with Crippen LogP contribution in [0.4, 0.5) is 0 Å². The summed E-state index contributed by atoms with van der Waals surface area (Å²) < 4.78 is 3.09. The van der Waals surface area contributed by atoms with E-state index in [0.717, 1.165) is 32.6 Å². The third-order valence-corrected chi connectivity index (χ3v) is 4.33. The van der Waals surface area contributed by atoms with Gasteiger partial charge in [0.05, 0.1) is 22.1 Å². The number of nitrogens with zero attached hydrogens (tertiary/aromatic N) is 2. The van der Waals surface area contributed by atoms with Crippen LogP contribution in [0.25, 0.3) is 16.7 Å². The Bertz CT molecular complexity index is 825. The number of benzene rings is 2. The molecule has 2 nitrogen and oxygen atoms in total. The van der Waals surface area contributed by atoms with Crippen molar-refractivity contribution in [3.8, 4) is 5.69 Å². The summed E-state index contributed by atoms with van der Waals surface area (Å²) in [4.78, 5) is 4.67. The van der Waals surface area contributed by atoms with Crippen LogP contribution in [0, 0.1) is 6.92 Å². The van der Waals surface area contributed by atoms with Crippen LogP contribution < -0.4 is 0 Å². The van der Waals surface area contributed by atoms with Crippen molar-refractivity contribution in [1.82, 2.24) is 9.55 Å². The Labute approximate surface area is 141 Å². The quantitative estimate of drug-likeness (QED) is 0.492. The van der Waals surface area contributed by atoms with Gasteiger partial charge in [0.25, 0.3) is 0 Å². The molecule has 0 saturated heterocycles. The molecular weight excluding hydrogens is 371 g/mol. The molecule has 0 radical (unpaired) electrons. The van der Waals surface area contributed by atoms with E-state index < -0.39 is 0 Å². The van der Waals surface area contributed by atoms with E-state index in [0.29, 0.717) is 5.02 Å². The number of aryl methyl sites for hydroxylation is 1. The third kappa shape index (κ3) is 2.70. The summed E-state index contributed by atoms with van der Waals surface area (Å²) in [6.45, 7) is 3.98. The van der Waals surface area contributed by atoms with Crippen LogP contribution in [0.15, 0.2) is 40.9 Å². The summed E-state index contributed by atoms with van der Waals surface area (Å²) in [5.41, 5.74) is 4.06. The number of hydrogen-bond donors (Lipinski definition) is 0. The normalized spacial score (nSPS) is 12.8. The van der Waals surface area contributed by atoms with Crippen LogP contribution in [0.5, 0.6) is 0 Å². The van der Waals surface area contributed by atoms with Gasteiger partial charge in [-0.3, -0.25) is 4.57 Å². The molecule has 0 aliphatic heterocycles. The lowest BCUT2D eigenvalue weighted by molar-refractivity contribution is 0.878. The Morgan fingerprint density at radius 1 is 1.19 bits per heavy atom. The zero-order valence-corrected chi connectivity index (χ0v) is 14.7. The highest BCUT2D eigenvalue weighted by Gasteiger charge is 2.18. The molecule has 108 valence electrons. The molecule has 0 spiro atoms. The van der Waals surface area contributed by atoms with Crippen molar-refractivity contribution >= 4 is 50.2 Å². The first-order valence-corrected chi connectivity index (χ1v) is 8.16. The predicted molar refractivity (Wildman–Crippen MR) is 92.8 cm³/mol. The van der Waals surface area contributed by atoms with Gasteiger partial charge in [-0.15, -0.1) is 11.6 Å². The maximum absolute atomic E-state index is 6.33. The number of hydrogen-bond acceptors (Lipinski definition) is 1. The van der Waals surface area contributed by atoms with E-state index in [4.69, 9.17) is 23.2 Å². The van der Waals surface area contributed by atoms with Gasteiger partial charge < -0.3 is 0 Å². The number of imidazole rings is 1. The van der Waals surface area contributed by atoms with E-state index in [1.165, 1.54) is 0 Å². The average molecular weight is 384 g/mol. The van der Waals surface area contributed by atoms with Gasteiger partial charge >= 0.3 is 0 Å². The maximum atomic E-state index is 6.33. The molecule has 0 aliphatic carbocycles. The Morgan fingerprint density at radius 3 is 2.67 bits per heavy atom. The van der Waals surface area contributed by atoms with E-state index in [1.807, 2.05) is 43.3 Å². The van der Waals surface area contributed by atoms with Gasteiger partial charge in [-0.1, -0.05) is 33.6 Å². The summed E-state index contributed by atoms with van der Waals surface area (Å²) in [7, 11) is 0. The lowest BCUT2D eigenvalue weighted by Gasteiger charge is -2.13. The van der Waals surface area contributed by atoms with E-state index in [9.17, 15) is 0 Å². The SMILES string of the molecule is Cc1ccc(Cl)cc1-n1c(C(C)Cl)nc2ccc(Br)cc21. The van der Waals surface area contributed by atoms with Crippen molar-refractivity contribution in [2.75, 3.05) is 0 Å². The Kier molecular flexibility index (Phi) is 4.00. The smallest absolute Gasteiger partial charge is 0.132 e. The molecule has 0 amide bonds. The predicted octanol–water partition coefficient (Wildman–Crippen LogP) is 6.05. The molecule has 3 aromatic rings. The molecule has 0 saturated carbocycles. The largest absolute Gasteiger partial charge is 0.295 e. The Balaban J connectivity index is 2.41. The minimum absolute atomic E-state index is 0.199. The second kappa shape index (κ2) is 5.64. The standard InChI is InChI=1S/C16H13BrCl2N2/c1-9-3-5-12(19)8-14(9)21-15-7-11(17)4-6-13(15)20-16(21)10(2)18/h3-8,10H,1-2H3. The van der Waals surface area contributed by atoms with Crippen molar-refractivity contribution in [3.05, 3.63) is 57.3 Å². The van der Waals surface area contributed by atoms with Crippen molar-refractivity contribution < 1.29 is 0 Å². The molecule has 0 N–H and O–H groups in total. The van der Waals surface area contributed by atoms with E-state index >= 15 is 0 Å². The van der Waals surface area contributed by atoms with Crippen molar-refractivity contribution in [2.24, 2.45) is 0 Å². The van der Waals surface area contributed by atoms with Crippen LogP contribution >= 0.6 is 39.1 Å². The minimum atomic E-state index is -0.199. The van der Waals surface area contributed by atoms with Crippen molar-refractivity contribution in [1.29, 1.82) is 0 Å². The first-order chi connectivity index (χ1) is 9.97. The van der Waals surface area contributed by atoms with Gasteiger partial charge in [-0.25, -0.2) is 4.98 Å². The molecule has 2 aromatic carbocycles. The molecule has 1 unspecified atom stereocenters. The molecule has 0 bridgehead atoms. The average Bonchev–Trinajstić information content (AvgIpc) is 2.80. The number of aromatic nitrogens is 2. The first kappa shape index (κ1) is 14.9. The fourth-order valence-electron chi connectivity index (χ4n) is 2.41. The van der Waals surface area contributed by atoms with Gasteiger partial charge in [0.2, 0.25) is 0 Å². The molecule has 0 fully saturated rings. The summed E-state index contributed by atoms with van der Waals surface area (Å²) >= 11 is 16.0. The van der Waals surface area contributed by atoms with Gasteiger partial charge in [0, 0.05) is 9.50 Å². The summed E-state index contributed by atoms with van der Waals surface area (Å²) in [5.74, 6) is 0.815. The van der Waals surface area contributed by atoms with Crippen LogP contribution in [0.1, 0.15) is 23.7 Å². The van der Waals surface area contributed by atoms with Crippen LogP contribution in [-0.4, -0.2) is 9.55 Å². The van der Waals surface area contributed by atoms with E-state index in [1.54, 1.807) is 0 Å². The van der Waals surface area contributed by atoms with Crippen molar-refractivity contribution in [2.45, 2.75) is 19.2 Å². The van der Waals surface area contributed by atoms with Gasteiger partial charge in [-0.2, -0.15) is 0 Å². The topological polar surface area (TPSA) is 17.8 Å². The Morgan fingerprint density at radius 2 is 1.95 bits per heavy atom. The zero-order chi connectivity index (χ0) is 15.1. The first-order valence-electron chi connectivity index (χ1n) is 6.56. The van der Waals surface area contributed by atoms with E-state index in [-0.39, 0.29) is 5.38 Å². The maximum Gasteiger partial charge on any atom is 0.132 e. The van der Waals surface area contributed by atoms with Crippen LogP contribution in [0.2, 0.25) is 5.02 Å². The molecule has 1 atom stereocenters. The molecule has 1 heterocycles. The molecular formula is C16H13BrCl2N2. The third-order valence-electron chi connectivity index (χ3n) is 3.41. The van der Waals surface area contributed by atoms with Gasteiger partial charge in [0.1, 0.15) is 5.82 Å². The number of fused-ring (bicyclic) bond motifs is 1. The molecule has 21 heavy (non-hydrogen) atoms. The summed E-state index contributed by atoms with van der Waals surface area (Å²) in [6.07, 6.45) is 0. The number of halogens is 3. The van der Waals surface area contributed by atoms with Crippen LogP contribution in [-0.2, 0) is 0 Å². The number of rotatable bonds is 2. The van der Waals surface area contributed by atoms with Gasteiger partial charge in [0.15, 0.2) is 0 Å². The van der Waals surface area contributed by atoms with Crippen LogP contribution in [0.3, 0.4) is 0 Å². The second-order valence-corrected chi connectivity index (χ2v) is 6.99. The minimum Gasteiger partial charge on any atom is -0.295 e. The fraction of sp³-hybridized carbons (Fsp3) is 0.188. The molecule has 0 aliphatic rings. The highest BCUT2D eigenvalue weighted by molar-refractivity contribution is 9.10. The molecule has 5 heteroatoms. The highest BCUT2D eigenvalue weighted by atomic mass is 79.9. The molecule has 3 rings (SSSR count). The van der Waals surface area contributed by atoms with Crippen molar-refractivity contribution in [3.63, 3.8) is 0 Å². The summed E-state index contributed by atoms with van der Waals surface area (Å²) in [5, 5.41) is 0.496. The fourth-order valence-corrected chi connectivity index (χ4v) is 3.07. The zero-order valence-electron chi connectivity index (χ0n) is 11.6. The van der Waals surface area contributed by atoms with E-state index in [2.05, 4.69) is 32.4 Å². The highest BCUT2D eigenvalue weighted by Crippen LogP contribution is 2.32. The van der Waals surface area contributed by atoms with Gasteiger partial charge in [-0.05, 0) is 49.7 Å². The molecule has 1 aromatic heterocycles. The Hall–Kier alpha value is -1.03. The number of alkyl halides is 1. The second-order valence-electron chi connectivity index (χ2n) is 4.99. The monoisotopic (exact) mass is 382 g/mol. The summed E-state index contributed by atoms with van der Waals surface area (Å²) in [6, 6.07) is 11.8.